The number of ether oxygens (including phenoxy) is 1. The minimum atomic E-state index is -4.67. The van der Waals surface area contributed by atoms with Crippen molar-refractivity contribution < 1.29 is 63.5 Å². The molecule has 1 saturated heterocycles. The van der Waals surface area contributed by atoms with Crippen LogP contribution in [0.5, 0.6) is 0 Å². The van der Waals surface area contributed by atoms with Gasteiger partial charge in [0.05, 0.1) is 25.6 Å². The van der Waals surface area contributed by atoms with E-state index in [2.05, 4.69) is 9.51 Å². The highest BCUT2D eigenvalue weighted by Gasteiger charge is 2.41. The fourth-order valence-electron chi connectivity index (χ4n) is 2.72. The van der Waals surface area contributed by atoms with Gasteiger partial charge in [-0.1, -0.05) is 0 Å². The zero-order valence-electron chi connectivity index (χ0n) is 17.4. The van der Waals surface area contributed by atoms with Crippen LogP contribution in [0.15, 0.2) is 15.8 Å². The molecule has 0 saturated carbocycles. The van der Waals surface area contributed by atoms with E-state index >= 15 is 0 Å². The van der Waals surface area contributed by atoms with Crippen LogP contribution in [-0.2, 0) is 28.2 Å². The van der Waals surface area contributed by atoms with Crippen LogP contribution in [0.3, 0.4) is 0 Å². The molecule has 8 N–H and O–H groups in total. The Hall–Kier alpha value is -2.92. The third kappa shape index (κ3) is 8.79. The number of phosphoric acid groups is 1. The van der Waals surface area contributed by atoms with Crippen LogP contribution in [0.2, 0.25) is 0 Å². The second-order valence-electron chi connectivity index (χ2n) is 7.18. The summed E-state index contributed by atoms with van der Waals surface area (Å²) in [7, 11) is -4.67. The number of aromatic nitrogens is 2. The van der Waals surface area contributed by atoms with E-state index in [-0.39, 0.29) is 6.42 Å². The normalized spacial score (nSPS) is 20.3. The number of nitrogens with one attached hydrogen (secondary N) is 1. The zero-order chi connectivity index (χ0) is 26.4. The number of aryl methyl sites for hydroxylation is 1. The fraction of sp³-hybridized carbons (Fsp3) is 0.562. The van der Waals surface area contributed by atoms with Crippen LogP contribution in [-0.4, -0.2) is 87.2 Å². The van der Waals surface area contributed by atoms with Gasteiger partial charge in [0, 0.05) is 18.2 Å². The Labute approximate surface area is 189 Å². The van der Waals surface area contributed by atoms with E-state index < -0.39 is 80.5 Å². The molecule has 3 atom stereocenters. The Morgan fingerprint density at radius 2 is 1.74 bits per heavy atom. The number of carbonyl (C=O) groups is 3. The summed E-state index contributed by atoms with van der Waals surface area (Å²) in [5.74, 6) is -5.02. The number of aromatic amines is 1. The number of hydrogen-bond acceptors (Lipinski definition) is 10. The van der Waals surface area contributed by atoms with E-state index in [0.717, 1.165) is 4.57 Å². The molecule has 1 aliphatic rings. The Bertz CT molecular complexity index is 1060. The van der Waals surface area contributed by atoms with E-state index in [0.29, 0.717) is 5.56 Å². The van der Waals surface area contributed by atoms with E-state index in [1.165, 1.54) is 13.1 Å². The Morgan fingerprint density at radius 3 is 2.18 bits per heavy atom. The van der Waals surface area contributed by atoms with Crippen LogP contribution >= 0.6 is 7.82 Å². The number of phosphoric ester groups is 1. The predicted molar refractivity (Wildman–Crippen MR) is 106 cm³/mol. The molecule has 18 heteroatoms. The molecule has 1 aromatic heterocycles. The van der Waals surface area contributed by atoms with Gasteiger partial charge in [-0.3, -0.25) is 28.5 Å². The van der Waals surface area contributed by atoms with E-state index in [1.54, 1.807) is 0 Å². The Kier molecular flexibility index (Phi) is 9.83. The van der Waals surface area contributed by atoms with Gasteiger partial charge in [0.1, 0.15) is 12.3 Å². The van der Waals surface area contributed by atoms with Gasteiger partial charge in [0.15, 0.2) is 5.60 Å². The SMILES string of the molecule is Cc1cn([C@H]2C[C@H](O)[C@@H](COP(=O)(O)O)O2)c(=O)[nH]c1=O.O=C(O)CC(O)(CC(=O)O)C(=O)O. The minimum Gasteiger partial charge on any atom is -0.481 e. The highest BCUT2D eigenvalue weighted by Crippen LogP contribution is 2.38. The molecule has 34 heavy (non-hydrogen) atoms. The van der Waals surface area contributed by atoms with Crippen molar-refractivity contribution in [3.8, 4) is 0 Å². The van der Waals surface area contributed by atoms with Crippen molar-refractivity contribution in [1.82, 2.24) is 9.55 Å². The first-order valence-electron chi connectivity index (χ1n) is 9.20. The number of carboxylic acids is 3. The molecule has 192 valence electrons. The third-order valence-corrected chi connectivity index (χ3v) is 4.84. The summed E-state index contributed by atoms with van der Waals surface area (Å²) in [6.45, 7) is 0.994. The van der Waals surface area contributed by atoms with Gasteiger partial charge < -0.3 is 40.1 Å². The van der Waals surface area contributed by atoms with E-state index in [9.17, 15) is 33.6 Å². The molecule has 0 radical (unpaired) electrons. The monoisotopic (exact) mass is 514 g/mol. The minimum absolute atomic E-state index is 0.0283. The number of aliphatic hydroxyl groups excluding tert-OH is 1. The molecule has 17 nitrogen and oxygen atoms in total. The average molecular weight is 514 g/mol. The number of aliphatic carboxylic acids is 3. The Balaban J connectivity index is 0.000000385. The van der Waals surface area contributed by atoms with Crippen molar-refractivity contribution in [3.05, 3.63) is 32.6 Å². The molecule has 1 aliphatic heterocycles. The van der Waals surface area contributed by atoms with E-state index in [4.69, 9.17) is 34.9 Å². The second kappa shape index (κ2) is 11.5. The average Bonchev–Trinajstić information content (AvgIpc) is 3.02. The lowest BCUT2D eigenvalue weighted by molar-refractivity contribution is -0.170. The largest absolute Gasteiger partial charge is 0.481 e. The summed E-state index contributed by atoms with van der Waals surface area (Å²) in [6, 6.07) is 0. The highest BCUT2D eigenvalue weighted by atomic mass is 31.2. The maximum absolute atomic E-state index is 11.7. The lowest BCUT2D eigenvalue weighted by atomic mass is 9.96. The maximum Gasteiger partial charge on any atom is 0.469 e. The van der Waals surface area contributed by atoms with Crippen molar-refractivity contribution in [2.45, 2.75) is 50.2 Å². The van der Waals surface area contributed by atoms with Crippen LogP contribution in [0, 0.1) is 6.92 Å². The summed E-state index contributed by atoms with van der Waals surface area (Å²) in [5, 5.41) is 43.6. The fourth-order valence-corrected chi connectivity index (χ4v) is 3.06. The van der Waals surface area contributed by atoms with Crippen molar-refractivity contribution in [2.75, 3.05) is 6.61 Å². The van der Waals surface area contributed by atoms with E-state index in [1.807, 2.05) is 0 Å². The van der Waals surface area contributed by atoms with Gasteiger partial charge in [0.25, 0.3) is 5.56 Å². The summed E-state index contributed by atoms with van der Waals surface area (Å²) in [4.78, 5) is 72.8. The highest BCUT2D eigenvalue weighted by molar-refractivity contribution is 7.46. The molecule has 0 amide bonds. The smallest absolute Gasteiger partial charge is 0.469 e. The van der Waals surface area contributed by atoms with Crippen molar-refractivity contribution in [1.29, 1.82) is 0 Å². The van der Waals surface area contributed by atoms with Gasteiger partial charge in [-0.25, -0.2) is 14.2 Å². The van der Waals surface area contributed by atoms with Crippen molar-refractivity contribution in [3.63, 3.8) is 0 Å². The van der Waals surface area contributed by atoms with Crippen LogP contribution in [0.4, 0.5) is 0 Å². The van der Waals surface area contributed by atoms with Crippen molar-refractivity contribution in [2.24, 2.45) is 0 Å². The number of aliphatic hydroxyl groups is 2. The maximum atomic E-state index is 11.7. The number of nitrogens with zero attached hydrogens (tertiary/aromatic N) is 1. The van der Waals surface area contributed by atoms with Crippen LogP contribution in [0.25, 0.3) is 0 Å². The first kappa shape index (κ1) is 29.1. The molecule has 0 spiro atoms. The summed E-state index contributed by atoms with van der Waals surface area (Å²) >= 11 is 0. The lowest BCUT2D eigenvalue weighted by Gasteiger charge is -2.18. The number of H-pyrrole nitrogens is 1. The summed E-state index contributed by atoms with van der Waals surface area (Å²) < 4.78 is 21.4. The Morgan fingerprint density at radius 1 is 1.21 bits per heavy atom. The first-order chi connectivity index (χ1) is 15.4. The summed E-state index contributed by atoms with van der Waals surface area (Å²) in [6.07, 6.45) is -3.86. The van der Waals surface area contributed by atoms with Gasteiger partial charge >= 0.3 is 31.4 Å². The zero-order valence-corrected chi connectivity index (χ0v) is 18.3. The molecule has 1 fully saturated rings. The molecule has 1 aromatic rings. The van der Waals surface area contributed by atoms with Crippen LogP contribution < -0.4 is 11.2 Å². The van der Waals surface area contributed by atoms with Gasteiger partial charge in [-0.2, -0.15) is 0 Å². The quantitative estimate of drug-likeness (QED) is 0.156. The molecule has 0 unspecified atom stereocenters. The second-order valence-corrected chi connectivity index (χ2v) is 8.41. The molecule has 0 aromatic carbocycles. The molecule has 2 heterocycles. The lowest BCUT2D eigenvalue weighted by Crippen LogP contribution is -2.42. The molecule has 0 aliphatic carbocycles. The van der Waals surface area contributed by atoms with Gasteiger partial charge in [-0.15, -0.1) is 0 Å². The van der Waals surface area contributed by atoms with Gasteiger partial charge in [0.2, 0.25) is 0 Å². The molecule has 0 bridgehead atoms. The third-order valence-electron chi connectivity index (χ3n) is 4.35. The summed E-state index contributed by atoms with van der Waals surface area (Å²) in [5.41, 5.74) is -3.66. The number of rotatable bonds is 9. The topological polar surface area (TPSA) is 283 Å². The van der Waals surface area contributed by atoms with Gasteiger partial charge in [-0.05, 0) is 6.92 Å². The predicted octanol–water partition coefficient (Wildman–Crippen LogP) is -2.65. The number of carboxylic acid groups (broad SMARTS) is 3. The first-order valence-corrected chi connectivity index (χ1v) is 10.7. The van der Waals surface area contributed by atoms with Crippen LogP contribution in [0.1, 0.15) is 31.1 Å². The molecule has 2 rings (SSSR count). The molecular formula is C16H23N2O15P. The van der Waals surface area contributed by atoms with Crippen molar-refractivity contribution >= 4 is 25.7 Å². The standard InChI is InChI=1S/C10H15N2O8P.C6H8O7/c1-5-3-12(10(15)11-9(5)14)8-2-6(13)7(20-8)4-19-21(16,17)18;7-3(8)1-6(13,5(11)12)2-4(9)10/h3,6-8,13H,2,4H2,1H3,(H,11,14,15)(H2,16,17,18);13H,1-2H2,(H,7,8)(H,9,10)(H,11,12)/t6-,7+,8+;/m0./s1. The number of hydrogen-bond donors (Lipinski definition) is 8. The molecular weight excluding hydrogens is 491 g/mol.